The number of aromatic nitrogens is 1. The third-order valence-electron chi connectivity index (χ3n) is 6.82. The van der Waals surface area contributed by atoms with Gasteiger partial charge in [0.2, 0.25) is 5.88 Å². The predicted molar refractivity (Wildman–Crippen MR) is 157 cm³/mol. The van der Waals surface area contributed by atoms with Crippen LogP contribution in [0.5, 0.6) is 11.6 Å². The maximum absolute atomic E-state index is 14.1. The number of Topliss-reactive ketones (excluding diaryl/α,β-unsaturated/α-hetero) is 1. The first-order valence-electron chi connectivity index (χ1n) is 14.5. The van der Waals surface area contributed by atoms with Crippen molar-refractivity contribution in [2.24, 2.45) is 5.92 Å². The Kier molecular flexibility index (Phi) is 13.9. The van der Waals surface area contributed by atoms with Crippen molar-refractivity contribution in [2.45, 2.75) is 111 Å². The molecule has 0 aliphatic heterocycles. The Morgan fingerprint density at radius 2 is 1.59 bits per heavy atom. The van der Waals surface area contributed by atoms with E-state index >= 15 is 0 Å². The summed E-state index contributed by atoms with van der Waals surface area (Å²) in [6, 6.07) is 9.58. The van der Waals surface area contributed by atoms with Crippen molar-refractivity contribution in [3.05, 3.63) is 53.5 Å². The van der Waals surface area contributed by atoms with Crippen molar-refractivity contribution in [1.82, 2.24) is 15.6 Å². The maximum atomic E-state index is 14.1. The molecule has 39 heavy (non-hydrogen) atoms. The number of hydrogen-bond acceptors (Lipinski definition) is 6. The second-order valence-corrected chi connectivity index (χ2v) is 11.6. The lowest BCUT2D eigenvalue weighted by Gasteiger charge is -2.21. The van der Waals surface area contributed by atoms with E-state index in [0.717, 1.165) is 24.9 Å². The molecule has 2 rings (SSSR count). The van der Waals surface area contributed by atoms with E-state index in [-0.39, 0.29) is 29.7 Å². The molecule has 1 aromatic heterocycles. The molecule has 4 atom stereocenters. The lowest BCUT2D eigenvalue weighted by Crippen LogP contribution is -2.35. The molecule has 0 aliphatic carbocycles. The molecule has 0 saturated carbocycles. The quantitative estimate of drug-likeness (QED) is 0.224. The van der Waals surface area contributed by atoms with Gasteiger partial charge >= 0.3 is 0 Å². The number of carbonyl (C=O) groups excluding carboxylic acids is 1. The first-order chi connectivity index (χ1) is 18.4. The topological polar surface area (TPSA) is 72.5 Å². The largest absolute Gasteiger partial charge is 0.489 e. The van der Waals surface area contributed by atoms with Gasteiger partial charge in [0.1, 0.15) is 29.6 Å². The minimum Gasteiger partial charge on any atom is -0.489 e. The average molecular weight is 544 g/mol. The summed E-state index contributed by atoms with van der Waals surface area (Å²) < 4.78 is 26.1. The number of benzene rings is 1. The molecule has 1 aromatic carbocycles. The summed E-state index contributed by atoms with van der Waals surface area (Å²) in [7, 11) is 0. The Balaban J connectivity index is 1.77. The van der Waals surface area contributed by atoms with Crippen molar-refractivity contribution in [3.63, 3.8) is 0 Å². The van der Waals surface area contributed by atoms with E-state index in [4.69, 9.17) is 9.47 Å². The monoisotopic (exact) mass is 543 g/mol. The third kappa shape index (κ3) is 12.9. The van der Waals surface area contributed by atoms with Crippen LogP contribution in [0.15, 0.2) is 36.5 Å². The molecule has 2 unspecified atom stereocenters. The van der Waals surface area contributed by atoms with Gasteiger partial charge in [-0.2, -0.15) is 0 Å². The second kappa shape index (κ2) is 16.6. The number of ketones is 1. The fourth-order valence-electron chi connectivity index (χ4n) is 4.24. The van der Waals surface area contributed by atoms with Gasteiger partial charge in [-0.25, -0.2) is 9.37 Å². The molecular formula is C32H50FN3O3. The number of ether oxygens (including phenoxy) is 2. The number of halogens is 1. The van der Waals surface area contributed by atoms with Gasteiger partial charge in [0, 0.05) is 55.8 Å². The fourth-order valence-corrected chi connectivity index (χ4v) is 4.24. The van der Waals surface area contributed by atoms with Gasteiger partial charge in [-0.05, 0) is 75.3 Å². The van der Waals surface area contributed by atoms with E-state index in [9.17, 15) is 9.18 Å². The first kappa shape index (κ1) is 32.7. The van der Waals surface area contributed by atoms with Crippen LogP contribution in [0.4, 0.5) is 4.39 Å². The molecule has 6 nitrogen and oxygen atoms in total. The molecule has 2 N–H and O–H groups in total. The van der Waals surface area contributed by atoms with E-state index in [2.05, 4.69) is 62.4 Å². The molecule has 0 fully saturated rings. The van der Waals surface area contributed by atoms with Crippen LogP contribution in [-0.2, 0) is 11.2 Å². The zero-order valence-corrected chi connectivity index (χ0v) is 25.2. The summed E-state index contributed by atoms with van der Waals surface area (Å²) in [4.78, 5) is 16.3. The van der Waals surface area contributed by atoms with Gasteiger partial charge in [0.15, 0.2) is 0 Å². The predicted octanol–water partition coefficient (Wildman–Crippen LogP) is 6.47. The van der Waals surface area contributed by atoms with E-state index < -0.39 is 0 Å². The summed E-state index contributed by atoms with van der Waals surface area (Å²) in [6.07, 6.45) is 4.72. The normalized spacial score (nSPS) is 14.7. The highest BCUT2D eigenvalue weighted by atomic mass is 19.1. The molecule has 0 saturated heterocycles. The van der Waals surface area contributed by atoms with Gasteiger partial charge < -0.3 is 20.1 Å². The van der Waals surface area contributed by atoms with E-state index in [0.29, 0.717) is 49.0 Å². The Labute approximate surface area is 235 Å². The zero-order chi connectivity index (χ0) is 28.9. The number of carbonyl (C=O) groups is 1. The van der Waals surface area contributed by atoms with Crippen LogP contribution in [0, 0.1) is 11.7 Å². The van der Waals surface area contributed by atoms with Crippen LogP contribution in [-0.4, -0.2) is 48.1 Å². The summed E-state index contributed by atoms with van der Waals surface area (Å²) in [5.41, 5.74) is 2.01. The number of aryl methyl sites for hydroxylation is 1. The highest BCUT2D eigenvalue weighted by Crippen LogP contribution is 2.24. The molecular weight excluding hydrogens is 493 g/mol. The van der Waals surface area contributed by atoms with Gasteiger partial charge in [-0.3, -0.25) is 4.79 Å². The minimum absolute atomic E-state index is 0.00691. The maximum Gasteiger partial charge on any atom is 0.213 e. The average Bonchev–Trinajstić information content (AvgIpc) is 2.87. The van der Waals surface area contributed by atoms with Crippen molar-refractivity contribution >= 4 is 5.78 Å². The lowest BCUT2D eigenvalue weighted by atomic mass is 9.95. The van der Waals surface area contributed by atoms with Crippen LogP contribution in [0.1, 0.15) is 91.7 Å². The van der Waals surface area contributed by atoms with E-state index in [1.807, 2.05) is 33.0 Å². The van der Waals surface area contributed by atoms with Crippen molar-refractivity contribution in [1.29, 1.82) is 0 Å². The van der Waals surface area contributed by atoms with Crippen molar-refractivity contribution < 1.29 is 18.7 Å². The molecule has 1 heterocycles. The Hall–Kier alpha value is -2.51. The minimum atomic E-state index is -0.339. The van der Waals surface area contributed by atoms with Crippen LogP contribution >= 0.6 is 0 Å². The summed E-state index contributed by atoms with van der Waals surface area (Å²) in [5, 5.41) is 6.93. The Bertz CT molecular complexity index is 1010. The smallest absolute Gasteiger partial charge is 0.213 e. The van der Waals surface area contributed by atoms with Gasteiger partial charge in [-0.1, -0.05) is 34.6 Å². The number of nitrogens with zero attached hydrogens (tertiary/aromatic N) is 1. The summed E-state index contributed by atoms with van der Waals surface area (Å²) in [5.74, 6) is 1.39. The number of nitrogens with one attached hydrogen (secondary N) is 2. The van der Waals surface area contributed by atoms with Crippen LogP contribution in [0.2, 0.25) is 0 Å². The lowest BCUT2D eigenvalue weighted by molar-refractivity contribution is -0.121. The Morgan fingerprint density at radius 1 is 0.897 bits per heavy atom. The molecule has 0 aliphatic rings. The molecule has 7 heteroatoms. The first-order valence-corrected chi connectivity index (χ1v) is 14.5. The Morgan fingerprint density at radius 3 is 2.28 bits per heavy atom. The number of pyridine rings is 1. The molecule has 0 spiro atoms. The zero-order valence-electron chi connectivity index (χ0n) is 25.2. The highest BCUT2D eigenvalue weighted by Gasteiger charge is 2.14. The number of rotatable bonds is 18. The summed E-state index contributed by atoms with van der Waals surface area (Å²) in [6.45, 7) is 17.9. The van der Waals surface area contributed by atoms with Gasteiger partial charge in [-0.15, -0.1) is 0 Å². The molecule has 0 bridgehead atoms. The highest BCUT2D eigenvalue weighted by molar-refractivity contribution is 5.80. The molecule has 218 valence electrons. The van der Waals surface area contributed by atoms with Crippen LogP contribution in [0.25, 0.3) is 0 Å². The van der Waals surface area contributed by atoms with E-state index in [1.165, 1.54) is 17.7 Å². The van der Waals surface area contributed by atoms with Crippen molar-refractivity contribution in [2.75, 3.05) is 13.1 Å². The molecule has 0 amide bonds. The third-order valence-corrected chi connectivity index (χ3v) is 6.82. The summed E-state index contributed by atoms with van der Waals surface area (Å²) >= 11 is 0. The second-order valence-electron chi connectivity index (χ2n) is 11.6. The van der Waals surface area contributed by atoms with Crippen molar-refractivity contribution in [3.8, 4) is 11.6 Å². The van der Waals surface area contributed by atoms with Gasteiger partial charge in [0.05, 0.1) is 0 Å². The molecule has 0 radical (unpaired) electrons. The van der Waals surface area contributed by atoms with E-state index in [1.54, 1.807) is 0 Å². The standard InChI is InChI=1S/C32H50FN3O3/c1-21(2)31(37)12-11-27-15-29(33)18-30(16-27)38-25(7)20-36-24(6)10-9-23(5)28-13-14-34-32(17-28)39-26(8)19-35-22(3)4/h13-18,21-26,35-36H,9-12,19-20H2,1-8H3/t23?,24?,25-,26-/m0/s1. The fraction of sp³-hybridized carbons (Fsp3) is 0.625. The SMILES string of the molecule is CC(C)NC[C@H](C)Oc1cc(C(C)CCC(C)NC[C@H](C)Oc2cc(F)cc(CCC(=O)C(C)C)c2)ccn1. The molecule has 2 aromatic rings. The van der Waals surface area contributed by atoms with Crippen LogP contribution in [0.3, 0.4) is 0 Å². The number of hydrogen-bond donors (Lipinski definition) is 2. The van der Waals surface area contributed by atoms with Gasteiger partial charge in [0.25, 0.3) is 0 Å². The van der Waals surface area contributed by atoms with Crippen LogP contribution < -0.4 is 20.1 Å².